The molecule has 0 saturated carbocycles. The highest BCUT2D eigenvalue weighted by Gasteiger charge is 2.33. The Kier molecular flexibility index (Phi) is 8.65. The van der Waals surface area contributed by atoms with Gasteiger partial charge in [-0.3, -0.25) is 9.59 Å². The first-order valence-electron chi connectivity index (χ1n) is 13.7. The molecule has 5 rings (SSSR count). The fourth-order valence-corrected chi connectivity index (χ4v) is 5.23. The Bertz CT molecular complexity index is 1450. The third-order valence-electron chi connectivity index (χ3n) is 7.23. The monoisotopic (exact) mass is 555 g/mol. The summed E-state index contributed by atoms with van der Waals surface area (Å²) in [7, 11) is 1.54. The molecule has 2 atom stereocenters. The maximum Gasteiger partial charge on any atom is 0.254 e. The van der Waals surface area contributed by atoms with Gasteiger partial charge in [0.1, 0.15) is 17.6 Å². The maximum absolute atomic E-state index is 13.5. The van der Waals surface area contributed by atoms with E-state index in [0.717, 1.165) is 5.56 Å². The second-order valence-electron chi connectivity index (χ2n) is 10.1. The van der Waals surface area contributed by atoms with Gasteiger partial charge in [0.2, 0.25) is 5.91 Å². The Labute approximate surface area is 239 Å². The number of nitrogens with zero attached hydrogens (tertiary/aromatic N) is 4. The van der Waals surface area contributed by atoms with Crippen LogP contribution in [0.5, 0.6) is 17.2 Å². The molecule has 4 bridgehead atoms. The summed E-state index contributed by atoms with van der Waals surface area (Å²) in [5.74, 6) is 1.54. The van der Waals surface area contributed by atoms with E-state index >= 15 is 0 Å². The van der Waals surface area contributed by atoms with Crippen LogP contribution in [-0.4, -0.2) is 67.1 Å². The molecule has 2 aliphatic heterocycles. The number of benzene rings is 2. The zero-order valence-corrected chi connectivity index (χ0v) is 23.2. The molecule has 3 aromatic rings. The maximum atomic E-state index is 13.5. The van der Waals surface area contributed by atoms with Crippen molar-refractivity contribution in [3.63, 3.8) is 0 Å². The molecule has 2 aliphatic rings. The number of hydrogen-bond acceptors (Lipinski definition) is 8. The number of pyridine rings is 1. The number of nitriles is 1. The predicted molar refractivity (Wildman–Crippen MR) is 152 cm³/mol. The van der Waals surface area contributed by atoms with Gasteiger partial charge in [-0.2, -0.15) is 5.26 Å². The van der Waals surface area contributed by atoms with Crippen LogP contribution in [0.2, 0.25) is 0 Å². The Balaban J connectivity index is 1.48. The third kappa shape index (κ3) is 6.42. The van der Waals surface area contributed by atoms with Crippen molar-refractivity contribution in [2.75, 3.05) is 38.2 Å². The summed E-state index contributed by atoms with van der Waals surface area (Å²) >= 11 is 0. The summed E-state index contributed by atoms with van der Waals surface area (Å²) in [5.41, 5.74) is 1.77. The molecule has 0 spiro atoms. The summed E-state index contributed by atoms with van der Waals surface area (Å²) in [5, 5.41) is 12.7. The number of anilines is 1. The predicted octanol–water partition coefficient (Wildman–Crippen LogP) is 3.90. The average molecular weight is 556 g/mol. The normalized spacial score (nSPS) is 19.4. The molecule has 0 unspecified atom stereocenters. The number of carbonyl (C=O) groups excluding carboxylic acids is 2. The van der Waals surface area contributed by atoms with E-state index in [1.165, 1.54) is 0 Å². The molecule has 0 aliphatic carbocycles. The molecule has 0 radical (unpaired) electrons. The van der Waals surface area contributed by atoms with Gasteiger partial charge in [-0.15, -0.1) is 0 Å². The van der Waals surface area contributed by atoms with Crippen molar-refractivity contribution in [3.8, 4) is 23.3 Å². The van der Waals surface area contributed by atoms with Crippen LogP contribution in [0.3, 0.4) is 0 Å². The van der Waals surface area contributed by atoms with E-state index in [4.69, 9.17) is 14.2 Å². The lowest BCUT2D eigenvalue weighted by atomic mass is 10.0. The van der Waals surface area contributed by atoms with Crippen molar-refractivity contribution < 1.29 is 23.8 Å². The molecule has 2 amide bonds. The number of rotatable bonds is 4. The minimum absolute atomic E-state index is 0.0836. The Hall–Kier alpha value is -4.62. The van der Waals surface area contributed by atoms with Gasteiger partial charge in [0, 0.05) is 31.4 Å². The highest BCUT2D eigenvalue weighted by molar-refractivity contribution is 5.97. The third-order valence-corrected chi connectivity index (χ3v) is 7.23. The van der Waals surface area contributed by atoms with Gasteiger partial charge < -0.3 is 29.3 Å². The highest BCUT2D eigenvalue weighted by atomic mass is 16.5. The number of amides is 2. The molecule has 1 saturated heterocycles. The fraction of sp³-hybridized carbons (Fsp3) is 0.355. The first-order valence-corrected chi connectivity index (χ1v) is 13.7. The van der Waals surface area contributed by atoms with Gasteiger partial charge in [-0.05, 0) is 60.9 Å². The summed E-state index contributed by atoms with van der Waals surface area (Å²) in [6.45, 7) is 3.61. The fourth-order valence-electron chi connectivity index (χ4n) is 5.23. The minimum Gasteiger partial charge on any atom is -0.493 e. The summed E-state index contributed by atoms with van der Waals surface area (Å²) in [6, 6.07) is 18.0. The van der Waals surface area contributed by atoms with Gasteiger partial charge in [0.25, 0.3) is 5.91 Å². The topological polar surface area (TPSA) is 117 Å². The summed E-state index contributed by atoms with van der Waals surface area (Å²) in [4.78, 5) is 34.9. The smallest absolute Gasteiger partial charge is 0.254 e. The quantitative estimate of drug-likeness (QED) is 0.515. The number of methoxy groups -OCH3 is 1. The second kappa shape index (κ2) is 12.7. The van der Waals surface area contributed by atoms with Crippen molar-refractivity contribution in [1.82, 2.24) is 15.2 Å². The van der Waals surface area contributed by atoms with E-state index < -0.39 is 0 Å². The van der Waals surface area contributed by atoms with Crippen molar-refractivity contribution in [2.45, 2.75) is 38.5 Å². The molecule has 1 N–H and O–H groups in total. The van der Waals surface area contributed by atoms with Gasteiger partial charge in [-0.1, -0.05) is 19.1 Å². The molecule has 2 aromatic carbocycles. The Morgan fingerprint density at radius 2 is 2.05 bits per heavy atom. The van der Waals surface area contributed by atoms with E-state index in [1.54, 1.807) is 48.5 Å². The molecule has 10 nitrogen and oxygen atoms in total. The van der Waals surface area contributed by atoms with Crippen molar-refractivity contribution in [1.29, 1.82) is 5.26 Å². The highest BCUT2D eigenvalue weighted by Crippen LogP contribution is 2.33. The molecule has 10 heteroatoms. The van der Waals surface area contributed by atoms with Crippen LogP contribution in [0.4, 0.5) is 5.82 Å². The number of nitrogens with one attached hydrogen (secondary N) is 1. The van der Waals surface area contributed by atoms with Crippen LogP contribution in [0.15, 0.2) is 60.8 Å². The number of ether oxygens (including phenoxy) is 3. The summed E-state index contributed by atoms with van der Waals surface area (Å²) in [6.07, 6.45) is 2.56. The van der Waals surface area contributed by atoms with E-state index in [1.807, 2.05) is 36.1 Å². The van der Waals surface area contributed by atoms with E-state index in [9.17, 15) is 14.9 Å². The first kappa shape index (κ1) is 27.9. The number of hydrogen-bond donors (Lipinski definition) is 1. The van der Waals surface area contributed by atoms with Crippen LogP contribution >= 0.6 is 0 Å². The van der Waals surface area contributed by atoms with Crippen LogP contribution in [0.25, 0.3) is 0 Å². The number of piperidine rings is 1. The lowest BCUT2D eigenvalue weighted by Crippen LogP contribution is -2.57. The number of fused-ring (bicyclic) bond motifs is 5. The van der Waals surface area contributed by atoms with Crippen molar-refractivity contribution >= 4 is 17.6 Å². The Morgan fingerprint density at radius 1 is 1.17 bits per heavy atom. The lowest BCUT2D eigenvalue weighted by molar-refractivity contribution is -0.124. The molecule has 1 fully saturated rings. The van der Waals surface area contributed by atoms with E-state index in [0.29, 0.717) is 66.7 Å². The molecule has 212 valence electrons. The molecule has 3 heterocycles. The van der Waals surface area contributed by atoms with Gasteiger partial charge in [-0.25, -0.2) is 4.98 Å². The van der Waals surface area contributed by atoms with Crippen LogP contribution < -0.4 is 19.7 Å². The van der Waals surface area contributed by atoms with Crippen LogP contribution in [-0.2, 0) is 16.1 Å². The van der Waals surface area contributed by atoms with Crippen molar-refractivity contribution in [2.24, 2.45) is 0 Å². The zero-order chi connectivity index (χ0) is 28.8. The average Bonchev–Trinajstić information content (AvgIpc) is 2.99. The second-order valence-corrected chi connectivity index (χ2v) is 10.1. The number of aromatic nitrogens is 1. The van der Waals surface area contributed by atoms with E-state index in [-0.39, 0.29) is 37.1 Å². The standard InChI is InChI=1S/C31H33N5O5/c1-3-13-36-19-29(37)34-25-11-14-35(30-23(17-32)7-5-12-33-30)18-28(25)40-20-21-6-4-8-24(15-21)41-27-16-22(31(36)38)9-10-26(27)39-2/h4-10,12,15-16,25,28H,3,11,13-14,18-20H2,1-2H3,(H,34,37)/t25-,28-/m0/s1. The van der Waals surface area contributed by atoms with Crippen LogP contribution in [0, 0.1) is 11.3 Å². The first-order chi connectivity index (χ1) is 20.0. The number of carbonyl (C=O) groups is 2. The molecular formula is C31H33N5O5. The zero-order valence-electron chi connectivity index (χ0n) is 23.2. The summed E-state index contributed by atoms with van der Waals surface area (Å²) < 4.78 is 18.1. The van der Waals surface area contributed by atoms with Gasteiger partial charge in [0.15, 0.2) is 11.5 Å². The Morgan fingerprint density at radius 3 is 2.85 bits per heavy atom. The SMILES string of the molecule is CCCN1CC(=O)N[C@H]2CCN(c3ncccc3C#N)C[C@@H]2OCc2cccc(c2)Oc2cc(ccc2OC)C1=O. The van der Waals surface area contributed by atoms with Crippen molar-refractivity contribution in [3.05, 3.63) is 77.5 Å². The van der Waals surface area contributed by atoms with E-state index in [2.05, 4.69) is 16.4 Å². The van der Waals surface area contributed by atoms with Crippen LogP contribution in [0.1, 0.15) is 41.3 Å². The van der Waals surface area contributed by atoms with Gasteiger partial charge >= 0.3 is 0 Å². The lowest BCUT2D eigenvalue weighted by Gasteiger charge is -2.39. The molecule has 41 heavy (non-hydrogen) atoms. The molecular weight excluding hydrogens is 522 g/mol. The largest absolute Gasteiger partial charge is 0.493 e. The minimum atomic E-state index is -0.387. The molecule has 1 aromatic heterocycles. The van der Waals surface area contributed by atoms with Gasteiger partial charge in [0.05, 0.1) is 38.0 Å².